The number of methoxy groups -OCH3 is 1. The third kappa shape index (κ3) is 34.6. The summed E-state index contributed by atoms with van der Waals surface area (Å²) in [5, 5.41) is 107. The van der Waals surface area contributed by atoms with E-state index in [-0.39, 0.29) is 165 Å². The van der Waals surface area contributed by atoms with Crippen molar-refractivity contribution in [2.45, 2.75) is 261 Å². The van der Waals surface area contributed by atoms with Crippen LogP contribution < -0.4 is 31.9 Å². The maximum Gasteiger partial charge on any atom is 0.314 e. The summed E-state index contributed by atoms with van der Waals surface area (Å²) in [6.45, 7) is 4.57. The van der Waals surface area contributed by atoms with Crippen molar-refractivity contribution in [1.82, 2.24) is 31.9 Å². The highest BCUT2D eigenvalue weighted by atomic mass is 16.7. The lowest BCUT2D eigenvalue weighted by molar-refractivity contribution is -0.839. The third-order valence-electron chi connectivity index (χ3n) is 18.2. The first kappa shape index (κ1) is 89.4. The quantitative estimate of drug-likeness (QED) is 0.0246. The number of carbonyl (C=O) groups excluding carboxylic acids is 9. The minimum Gasteiger partial charge on any atom is -0.394 e. The smallest absolute Gasteiger partial charge is 0.314 e. The third-order valence-corrected chi connectivity index (χ3v) is 18.2. The van der Waals surface area contributed by atoms with E-state index in [1.54, 1.807) is 13.8 Å². The Morgan fingerprint density at radius 2 is 0.760 bits per heavy atom. The highest BCUT2D eigenvalue weighted by Gasteiger charge is 2.47. The predicted octanol–water partition coefficient (Wildman–Crippen LogP) is -1.41. The van der Waals surface area contributed by atoms with Crippen LogP contribution in [0.15, 0.2) is 0 Å². The van der Waals surface area contributed by atoms with E-state index >= 15 is 0 Å². The number of hydrogen-bond acceptors (Lipinski definition) is 25. The van der Waals surface area contributed by atoms with Gasteiger partial charge < -0.3 is 111 Å². The molecule has 0 saturated carbocycles. The molecule has 32 nitrogen and oxygen atoms in total. The van der Waals surface area contributed by atoms with Crippen molar-refractivity contribution in [3.05, 3.63) is 0 Å². The van der Waals surface area contributed by atoms with Crippen LogP contribution in [0.3, 0.4) is 0 Å². The number of amides is 7. The molecule has 0 spiro atoms. The number of ketones is 2. The van der Waals surface area contributed by atoms with Crippen molar-refractivity contribution >= 4 is 52.9 Å². The number of aliphatic hydroxyl groups is 9. The van der Waals surface area contributed by atoms with Crippen LogP contribution >= 0.6 is 0 Å². The van der Waals surface area contributed by atoms with Crippen molar-refractivity contribution in [2.75, 3.05) is 106 Å². The van der Waals surface area contributed by atoms with Gasteiger partial charge in [-0.2, -0.15) is 0 Å². The molecule has 3 aliphatic heterocycles. The molecule has 0 aliphatic carbocycles. The fourth-order valence-corrected chi connectivity index (χ4v) is 12.0. The molecule has 0 bridgehead atoms. The van der Waals surface area contributed by atoms with E-state index in [4.69, 9.17) is 33.2 Å². The SMILES string of the molecule is COCCC(=O)CCCC(=O)NCCCC[N+](CC(=O)CCCCNC(=O)CCCCCO[C@@H]1OC(CO)[C@H](O)[C@H](O)C1NC(C)=O)(CC(=O)NCCCNC(=O)CCCCCO[C@@H]1OC(CO)[C@H](O)[C@H](O)C1C)C(=O)CCCCNC(=O)CCCCCO[C@@H]1OC(CO)[C@H](O)[C@H](O)C1C. The van der Waals surface area contributed by atoms with E-state index in [1.807, 2.05) is 0 Å². The zero-order chi connectivity index (χ0) is 73.8. The molecule has 0 aromatic rings. The van der Waals surface area contributed by atoms with E-state index in [9.17, 15) is 89.1 Å². The normalized spacial score (nSPS) is 25.8. The largest absolute Gasteiger partial charge is 0.394 e. The van der Waals surface area contributed by atoms with Crippen LogP contribution in [0, 0.1) is 11.8 Å². The van der Waals surface area contributed by atoms with E-state index in [0.717, 1.165) is 0 Å². The van der Waals surface area contributed by atoms with Crippen molar-refractivity contribution in [2.24, 2.45) is 11.8 Å². The second kappa shape index (κ2) is 51.3. The number of quaternary nitrogens is 1. The van der Waals surface area contributed by atoms with E-state index in [2.05, 4.69) is 31.9 Å². The molecule has 0 aromatic heterocycles. The first-order valence-electron chi connectivity index (χ1n) is 36.2. The maximum atomic E-state index is 14.8. The van der Waals surface area contributed by atoms with E-state index < -0.39 is 128 Å². The van der Waals surface area contributed by atoms with Crippen molar-refractivity contribution in [3.63, 3.8) is 0 Å². The number of hydrogen-bond donors (Lipinski definition) is 15. The molecule has 100 heavy (non-hydrogen) atoms. The molecule has 3 rings (SSSR count). The average molecular weight is 1440 g/mol. The van der Waals surface area contributed by atoms with Crippen LogP contribution in [0.2, 0.25) is 0 Å². The van der Waals surface area contributed by atoms with E-state index in [0.29, 0.717) is 116 Å². The van der Waals surface area contributed by atoms with Gasteiger partial charge in [0.15, 0.2) is 31.2 Å². The summed E-state index contributed by atoms with van der Waals surface area (Å²) in [7, 11) is 1.50. The standard InChI is InChI=1S/C68H121N7O25/c1-45-60(88)62(90)50(42-76)98-66(45)95-36-17-5-8-24-54(83)70-31-14-12-28-58(87)75(35-16-15-32-71-56(85)27-20-23-48(80)29-39-94-4,41-57(86)73-34-21-33-72-55(84)26-9-6-18-37-96-67-46(2)61(89)63(91)51(43-77)99-67)40-49(81)22-11-13-30-69-53(82)25-10-7-19-38-97-68-59(74-47(3)79)65(93)64(92)52(44-78)100-68/h45-46,50-52,59-68,76-78,88-93H,5-44H2,1-4H3,(H5-,69,70,71,72,73,74,79,82,83,84,85,86)/p+1/t45?,46?,50?,51?,52?,59?,60-,61-,62+,63+,64+,65-,66-,67-,68-,75?/m1/s1. The van der Waals surface area contributed by atoms with Gasteiger partial charge in [-0.1, -0.05) is 33.1 Å². The van der Waals surface area contributed by atoms with Crippen LogP contribution in [0.5, 0.6) is 0 Å². The summed E-state index contributed by atoms with van der Waals surface area (Å²) < 4.78 is 38.5. The number of ether oxygens (including phenoxy) is 7. The van der Waals surface area contributed by atoms with Gasteiger partial charge in [0.2, 0.25) is 29.5 Å². The van der Waals surface area contributed by atoms with Crippen molar-refractivity contribution in [3.8, 4) is 0 Å². The molecule has 7 unspecified atom stereocenters. The first-order valence-corrected chi connectivity index (χ1v) is 36.2. The van der Waals surface area contributed by atoms with Gasteiger partial charge in [0.1, 0.15) is 61.1 Å². The summed E-state index contributed by atoms with van der Waals surface area (Å²) in [5.41, 5.74) is 0. The van der Waals surface area contributed by atoms with Crippen LogP contribution in [-0.4, -0.2) is 289 Å². The number of aliphatic hydroxyl groups excluding tert-OH is 9. The van der Waals surface area contributed by atoms with Gasteiger partial charge in [-0.3, -0.25) is 38.4 Å². The molecule has 3 fully saturated rings. The molecule has 7 amide bonds. The lowest BCUT2D eigenvalue weighted by Gasteiger charge is -2.42. The van der Waals surface area contributed by atoms with E-state index in [1.165, 1.54) is 14.0 Å². The first-order chi connectivity index (χ1) is 47.9. The predicted molar refractivity (Wildman–Crippen MR) is 359 cm³/mol. The van der Waals surface area contributed by atoms with Gasteiger partial charge >= 0.3 is 5.91 Å². The lowest BCUT2D eigenvalue weighted by Crippen LogP contribution is -2.64. The fourth-order valence-electron chi connectivity index (χ4n) is 12.0. The summed E-state index contributed by atoms with van der Waals surface area (Å²) in [6, 6.07) is -1.07. The van der Waals surface area contributed by atoms with Crippen LogP contribution in [0.25, 0.3) is 0 Å². The molecule has 0 radical (unpaired) electrons. The molecule has 3 aliphatic rings. The summed E-state index contributed by atoms with van der Waals surface area (Å²) in [6.07, 6.45) is -3.98. The molecule has 32 heteroatoms. The molecule has 578 valence electrons. The molecule has 16 atom stereocenters. The van der Waals surface area contributed by atoms with Crippen molar-refractivity contribution in [1.29, 1.82) is 0 Å². The Balaban J connectivity index is 1.59. The minimum atomic E-state index is -1.44. The van der Waals surface area contributed by atoms with Gasteiger partial charge in [0.25, 0.3) is 5.91 Å². The Morgan fingerprint density at radius 1 is 0.380 bits per heavy atom. The van der Waals surface area contributed by atoms with Gasteiger partial charge in [-0.05, 0) is 89.9 Å². The maximum absolute atomic E-state index is 14.8. The molecular weight excluding hydrogens is 1310 g/mol. The Morgan fingerprint density at radius 3 is 1.21 bits per heavy atom. The second-order valence-electron chi connectivity index (χ2n) is 26.6. The monoisotopic (exact) mass is 1440 g/mol. The highest BCUT2D eigenvalue weighted by molar-refractivity contribution is 5.85. The number of unbranched alkanes of at least 4 members (excludes halogenated alkanes) is 9. The van der Waals surface area contributed by atoms with Crippen LogP contribution in [0.4, 0.5) is 0 Å². The number of carbonyl (C=O) groups is 9. The van der Waals surface area contributed by atoms with Gasteiger partial charge in [-0.25, -0.2) is 9.28 Å². The minimum absolute atomic E-state index is 0.0110. The fraction of sp³-hybridized carbons (Fsp3) is 0.868. The number of Topliss-reactive ketones (excluding diaryl/α,β-unsaturated/α-hetero) is 2. The van der Waals surface area contributed by atoms with Crippen LogP contribution in [0.1, 0.15) is 181 Å². The van der Waals surface area contributed by atoms with Crippen molar-refractivity contribution < 1.29 is 127 Å². The second-order valence-corrected chi connectivity index (χ2v) is 26.6. The Hall–Kier alpha value is -4.85. The number of nitrogens with one attached hydrogen (secondary N) is 6. The van der Waals surface area contributed by atoms with Crippen LogP contribution in [-0.2, 0) is 76.3 Å². The average Bonchev–Trinajstić information content (AvgIpc) is 0.829. The zero-order valence-electron chi connectivity index (χ0n) is 59.4. The summed E-state index contributed by atoms with van der Waals surface area (Å²) >= 11 is 0. The summed E-state index contributed by atoms with van der Waals surface area (Å²) in [5.74, 6) is -3.53. The Kier molecular flexibility index (Phi) is 45.9. The van der Waals surface area contributed by atoms with Gasteiger partial charge in [0, 0.05) is 123 Å². The number of nitrogens with zero attached hydrogens (tertiary/aromatic N) is 1. The lowest BCUT2D eigenvalue weighted by atomic mass is 9.92. The van der Waals surface area contributed by atoms with Gasteiger partial charge in [0.05, 0.1) is 51.6 Å². The highest BCUT2D eigenvalue weighted by Crippen LogP contribution is 2.29. The Labute approximate surface area is 588 Å². The summed E-state index contributed by atoms with van der Waals surface area (Å²) in [4.78, 5) is 118. The molecule has 0 aromatic carbocycles. The zero-order valence-corrected chi connectivity index (χ0v) is 59.4. The molecule has 3 heterocycles. The number of rotatable bonds is 55. The molecular formula is C68H122N7O25+. The molecule has 3 saturated heterocycles. The topological polar surface area (TPSA) is 472 Å². The Bertz CT molecular complexity index is 2380. The van der Waals surface area contributed by atoms with Gasteiger partial charge in [-0.15, -0.1) is 0 Å². The molecule has 15 N–H and O–H groups in total.